The van der Waals surface area contributed by atoms with Gasteiger partial charge in [-0.25, -0.2) is 4.98 Å². The summed E-state index contributed by atoms with van der Waals surface area (Å²) in [6, 6.07) is 5.77. The van der Waals surface area contributed by atoms with Gasteiger partial charge in [0.05, 0.1) is 23.4 Å². The number of nitrogens with one attached hydrogen (secondary N) is 3. The predicted molar refractivity (Wildman–Crippen MR) is 100 cm³/mol. The van der Waals surface area contributed by atoms with Crippen LogP contribution in [0.2, 0.25) is 0 Å². The van der Waals surface area contributed by atoms with E-state index in [-0.39, 0.29) is 23.7 Å². The highest BCUT2D eigenvalue weighted by molar-refractivity contribution is 7.13. The minimum absolute atomic E-state index is 0.111. The van der Waals surface area contributed by atoms with Crippen LogP contribution in [-0.2, 0) is 15.0 Å². The Kier molecular flexibility index (Phi) is 4.78. The number of hydrogen-bond acceptors (Lipinski definition) is 5. The Morgan fingerprint density at radius 1 is 1.27 bits per heavy atom. The molecule has 0 spiro atoms. The molecular formula is C18H20N4O3S. The lowest BCUT2D eigenvalue weighted by atomic mass is 9.93. The predicted octanol–water partition coefficient (Wildman–Crippen LogP) is 2.52. The summed E-state index contributed by atoms with van der Waals surface area (Å²) < 4.78 is 0. The van der Waals surface area contributed by atoms with Gasteiger partial charge in [-0.2, -0.15) is 0 Å². The topological polar surface area (TPSA) is 100 Å². The van der Waals surface area contributed by atoms with Gasteiger partial charge in [0.25, 0.3) is 5.91 Å². The minimum Gasteiger partial charge on any atom is -0.340 e. The molecule has 0 aliphatic carbocycles. The molecule has 1 atom stereocenters. The first kappa shape index (κ1) is 18.1. The average molecular weight is 372 g/mol. The van der Waals surface area contributed by atoms with Gasteiger partial charge in [-0.3, -0.25) is 14.4 Å². The summed E-state index contributed by atoms with van der Waals surface area (Å²) in [4.78, 5) is 41.3. The van der Waals surface area contributed by atoms with Crippen molar-refractivity contribution in [3.05, 3.63) is 40.9 Å². The van der Waals surface area contributed by atoms with Gasteiger partial charge in [-0.05, 0) is 12.1 Å². The maximum Gasteiger partial charge on any atom is 0.254 e. The number of carbonyl (C=O) groups is 3. The molecule has 8 heteroatoms. The van der Waals surface area contributed by atoms with E-state index >= 15 is 0 Å². The Bertz CT molecular complexity index is 869. The summed E-state index contributed by atoms with van der Waals surface area (Å²) in [5.74, 6) is -1.19. The summed E-state index contributed by atoms with van der Waals surface area (Å²) in [5.41, 5.74) is 1.58. The fourth-order valence-electron chi connectivity index (χ4n) is 2.49. The number of nitrogens with zero attached hydrogens (tertiary/aromatic N) is 1. The van der Waals surface area contributed by atoms with Crippen molar-refractivity contribution in [2.75, 3.05) is 10.6 Å². The number of anilines is 2. The molecule has 0 unspecified atom stereocenters. The second-order valence-corrected chi connectivity index (χ2v) is 7.96. The zero-order valence-electron chi connectivity index (χ0n) is 14.8. The molecule has 26 heavy (non-hydrogen) atoms. The van der Waals surface area contributed by atoms with Crippen LogP contribution in [0.25, 0.3) is 0 Å². The molecule has 2 heterocycles. The lowest BCUT2D eigenvalue weighted by Crippen LogP contribution is -2.43. The lowest BCUT2D eigenvalue weighted by molar-refractivity contribution is -0.122. The molecule has 0 saturated heterocycles. The van der Waals surface area contributed by atoms with Gasteiger partial charge in [0, 0.05) is 10.8 Å². The largest absolute Gasteiger partial charge is 0.340 e. The van der Waals surface area contributed by atoms with Crippen LogP contribution >= 0.6 is 11.3 Å². The van der Waals surface area contributed by atoms with E-state index in [9.17, 15) is 14.4 Å². The maximum atomic E-state index is 12.3. The summed E-state index contributed by atoms with van der Waals surface area (Å²) in [7, 11) is 0. The van der Waals surface area contributed by atoms with E-state index in [1.807, 2.05) is 26.2 Å². The van der Waals surface area contributed by atoms with Crippen molar-refractivity contribution in [2.24, 2.45) is 0 Å². The van der Waals surface area contributed by atoms with Crippen molar-refractivity contribution in [2.45, 2.75) is 38.6 Å². The van der Waals surface area contributed by atoms with Gasteiger partial charge >= 0.3 is 0 Å². The Hall–Kier alpha value is -2.74. The van der Waals surface area contributed by atoms with Crippen molar-refractivity contribution >= 4 is 39.9 Å². The summed E-state index contributed by atoms with van der Waals surface area (Å²) in [6.07, 6.45) is -0.171. The van der Waals surface area contributed by atoms with E-state index in [4.69, 9.17) is 0 Å². The van der Waals surface area contributed by atoms with Gasteiger partial charge in [0.1, 0.15) is 6.04 Å². The van der Waals surface area contributed by atoms with Crippen molar-refractivity contribution in [3.63, 3.8) is 0 Å². The summed E-state index contributed by atoms with van der Waals surface area (Å²) in [5, 5.41) is 10.3. The van der Waals surface area contributed by atoms with Crippen LogP contribution in [0.3, 0.4) is 0 Å². The normalized spacial score (nSPS) is 17.0. The third kappa shape index (κ3) is 3.91. The van der Waals surface area contributed by atoms with Crippen molar-refractivity contribution in [1.29, 1.82) is 0 Å². The van der Waals surface area contributed by atoms with E-state index in [0.29, 0.717) is 16.4 Å². The van der Waals surface area contributed by atoms with Gasteiger partial charge in [-0.1, -0.05) is 32.9 Å². The molecule has 0 fully saturated rings. The highest BCUT2D eigenvalue weighted by Crippen LogP contribution is 2.26. The molecule has 7 nitrogen and oxygen atoms in total. The first-order chi connectivity index (χ1) is 12.2. The minimum atomic E-state index is -0.947. The number of thiazole rings is 1. The zero-order chi connectivity index (χ0) is 18.9. The highest BCUT2D eigenvalue weighted by Gasteiger charge is 2.29. The third-order valence-corrected chi connectivity index (χ3v) is 4.72. The molecule has 1 aliphatic heterocycles. The van der Waals surface area contributed by atoms with Crippen molar-refractivity contribution < 1.29 is 14.4 Å². The molecule has 0 radical (unpaired) electrons. The van der Waals surface area contributed by atoms with Crippen LogP contribution in [-0.4, -0.2) is 28.7 Å². The molecule has 1 aliphatic rings. The van der Waals surface area contributed by atoms with Crippen LogP contribution in [0, 0.1) is 0 Å². The van der Waals surface area contributed by atoms with E-state index in [2.05, 4.69) is 20.9 Å². The Balaban J connectivity index is 1.67. The molecular weight excluding hydrogens is 352 g/mol. The van der Waals surface area contributed by atoms with Crippen LogP contribution < -0.4 is 16.0 Å². The number of amides is 3. The molecule has 0 bridgehead atoms. The van der Waals surface area contributed by atoms with Crippen LogP contribution in [0.4, 0.5) is 10.8 Å². The van der Waals surface area contributed by atoms with Crippen molar-refractivity contribution in [1.82, 2.24) is 10.3 Å². The number of hydrogen-bond donors (Lipinski definition) is 3. The molecule has 3 amide bonds. The first-order valence-corrected chi connectivity index (χ1v) is 9.08. The number of carbonyl (C=O) groups excluding carboxylic acids is 3. The number of para-hydroxylation sites is 1. The second-order valence-electron chi connectivity index (χ2n) is 7.10. The lowest BCUT2D eigenvalue weighted by Gasteiger charge is -2.15. The van der Waals surface area contributed by atoms with Crippen LogP contribution in [0.15, 0.2) is 29.6 Å². The Morgan fingerprint density at radius 3 is 2.69 bits per heavy atom. The SMILES string of the molecule is CC(C)(C)c1csc(NC(=O)C[C@@H]2NC(=O)c3ccccc3NC2=O)n1. The summed E-state index contributed by atoms with van der Waals surface area (Å²) in [6.45, 7) is 6.12. The standard InChI is InChI=1S/C18H20N4O3S/c1-18(2,3)13-9-26-17(21-13)22-14(23)8-12-16(25)19-11-7-5-4-6-10(11)15(24)20-12/h4-7,9,12H,8H2,1-3H3,(H,19,25)(H,20,24)(H,21,22,23)/t12-/m0/s1. The van der Waals surface area contributed by atoms with Crippen LogP contribution in [0.5, 0.6) is 0 Å². The van der Waals surface area contributed by atoms with Gasteiger partial charge in [0.2, 0.25) is 11.8 Å². The number of rotatable bonds is 3. The average Bonchev–Trinajstić information content (AvgIpc) is 2.99. The van der Waals surface area contributed by atoms with Crippen molar-refractivity contribution in [3.8, 4) is 0 Å². The first-order valence-electron chi connectivity index (χ1n) is 8.20. The third-order valence-electron chi connectivity index (χ3n) is 3.96. The van der Waals surface area contributed by atoms with E-state index in [0.717, 1.165) is 5.69 Å². The number of benzene rings is 1. The fourth-order valence-corrected chi connectivity index (χ4v) is 3.44. The van der Waals surface area contributed by atoms with E-state index in [1.165, 1.54) is 11.3 Å². The molecule has 0 saturated carbocycles. The smallest absolute Gasteiger partial charge is 0.254 e. The van der Waals surface area contributed by atoms with E-state index in [1.54, 1.807) is 24.3 Å². The van der Waals surface area contributed by atoms with Gasteiger partial charge < -0.3 is 16.0 Å². The van der Waals surface area contributed by atoms with E-state index < -0.39 is 11.9 Å². The quantitative estimate of drug-likeness (QED) is 0.771. The molecule has 1 aromatic heterocycles. The Morgan fingerprint density at radius 2 is 2.00 bits per heavy atom. The highest BCUT2D eigenvalue weighted by atomic mass is 32.1. The second kappa shape index (κ2) is 6.87. The molecule has 136 valence electrons. The molecule has 2 aromatic rings. The molecule has 1 aromatic carbocycles. The number of aromatic nitrogens is 1. The van der Waals surface area contributed by atoms with Gasteiger partial charge in [0.15, 0.2) is 5.13 Å². The fraction of sp³-hybridized carbons (Fsp3) is 0.333. The zero-order valence-corrected chi connectivity index (χ0v) is 15.6. The summed E-state index contributed by atoms with van der Waals surface area (Å²) >= 11 is 1.33. The number of fused-ring (bicyclic) bond motifs is 1. The molecule has 3 rings (SSSR count). The maximum absolute atomic E-state index is 12.3. The van der Waals surface area contributed by atoms with Crippen LogP contribution in [0.1, 0.15) is 43.2 Å². The molecule has 3 N–H and O–H groups in total. The van der Waals surface area contributed by atoms with Gasteiger partial charge in [-0.15, -0.1) is 11.3 Å². The monoisotopic (exact) mass is 372 g/mol. The Labute approximate surface area is 155 Å².